The molecule has 1 N–H and O–H groups in total. The van der Waals surface area contributed by atoms with Gasteiger partial charge in [0.05, 0.1) is 5.02 Å². The van der Waals surface area contributed by atoms with E-state index in [1.165, 1.54) is 18.4 Å². The van der Waals surface area contributed by atoms with Crippen LogP contribution < -0.4 is 4.74 Å². The molecule has 1 aliphatic heterocycles. The topological polar surface area (TPSA) is 32.7 Å². The Balaban J connectivity index is 1.37. The Labute approximate surface area is 155 Å². The maximum Gasteiger partial charge on any atom is 0.138 e. The Morgan fingerprint density at radius 3 is 2.44 bits per heavy atom. The summed E-state index contributed by atoms with van der Waals surface area (Å²) in [6.07, 6.45) is 3.04. The molecule has 1 atom stereocenters. The van der Waals surface area contributed by atoms with E-state index < -0.39 is 6.10 Å². The van der Waals surface area contributed by atoms with Crippen molar-refractivity contribution in [1.29, 1.82) is 0 Å². The summed E-state index contributed by atoms with van der Waals surface area (Å²) in [5.41, 5.74) is 1.43. The smallest absolute Gasteiger partial charge is 0.138 e. The molecular weight excluding hydrogens is 334 g/mol. The third kappa shape index (κ3) is 5.74. The van der Waals surface area contributed by atoms with E-state index in [0.717, 1.165) is 25.4 Å². The van der Waals surface area contributed by atoms with Gasteiger partial charge >= 0.3 is 0 Å². The van der Waals surface area contributed by atoms with Crippen molar-refractivity contribution in [1.82, 2.24) is 4.90 Å². The van der Waals surface area contributed by atoms with Crippen molar-refractivity contribution in [3.8, 4) is 5.75 Å². The number of benzene rings is 2. The van der Waals surface area contributed by atoms with Gasteiger partial charge in [-0.15, -0.1) is 0 Å². The van der Waals surface area contributed by atoms with Crippen LogP contribution in [-0.4, -0.2) is 42.4 Å². The molecule has 2 aromatic carbocycles. The maximum absolute atomic E-state index is 10.2. The molecule has 0 unspecified atom stereocenters. The number of halogens is 1. The van der Waals surface area contributed by atoms with Gasteiger partial charge in [-0.1, -0.05) is 54.1 Å². The van der Waals surface area contributed by atoms with E-state index in [4.69, 9.17) is 16.3 Å². The summed E-state index contributed by atoms with van der Waals surface area (Å²) in [4.78, 5) is 2.34. The summed E-state index contributed by atoms with van der Waals surface area (Å²) in [6.45, 7) is 3.01. The molecule has 0 amide bonds. The first-order chi connectivity index (χ1) is 12.2. The van der Waals surface area contributed by atoms with Crippen LogP contribution in [-0.2, 0) is 6.42 Å². The molecule has 1 heterocycles. The SMILES string of the molecule is O[C@H](COc1ccccc1Cl)CN1CCC(Cc2ccccc2)CC1. The van der Waals surface area contributed by atoms with Gasteiger partial charge in [0.25, 0.3) is 0 Å². The molecule has 134 valence electrons. The summed E-state index contributed by atoms with van der Waals surface area (Å²) >= 11 is 6.07. The number of nitrogens with zero attached hydrogens (tertiary/aromatic N) is 1. The van der Waals surface area contributed by atoms with Gasteiger partial charge in [0, 0.05) is 6.54 Å². The van der Waals surface area contributed by atoms with Crippen LogP contribution in [0.5, 0.6) is 5.75 Å². The monoisotopic (exact) mass is 359 g/mol. The van der Waals surface area contributed by atoms with Crippen LogP contribution >= 0.6 is 11.6 Å². The first kappa shape index (κ1) is 18.2. The van der Waals surface area contributed by atoms with E-state index in [2.05, 4.69) is 35.2 Å². The highest BCUT2D eigenvalue weighted by Gasteiger charge is 2.21. The van der Waals surface area contributed by atoms with E-state index >= 15 is 0 Å². The molecule has 0 aliphatic carbocycles. The zero-order chi connectivity index (χ0) is 17.5. The quantitative estimate of drug-likeness (QED) is 0.810. The van der Waals surface area contributed by atoms with Gasteiger partial charge in [-0.2, -0.15) is 0 Å². The number of β-amino-alcohol motifs (C(OH)–C–C–N with tert-alkyl or cyclic N) is 1. The summed E-state index contributed by atoms with van der Waals surface area (Å²) in [5.74, 6) is 1.37. The average molecular weight is 360 g/mol. The van der Waals surface area contributed by atoms with E-state index in [0.29, 0.717) is 17.3 Å². The molecule has 0 saturated carbocycles. The van der Waals surface area contributed by atoms with Gasteiger partial charge in [0.15, 0.2) is 0 Å². The first-order valence-electron chi connectivity index (χ1n) is 9.02. The van der Waals surface area contributed by atoms with Crippen LogP contribution in [0.4, 0.5) is 0 Å². The predicted molar refractivity (Wildman–Crippen MR) is 102 cm³/mol. The first-order valence-corrected chi connectivity index (χ1v) is 9.40. The fraction of sp³-hybridized carbons (Fsp3) is 0.429. The zero-order valence-electron chi connectivity index (χ0n) is 14.5. The average Bonchev–Trinajstić information content (AvgIpc) is 2.64. The molecular formula is C21H26ClNO2. The standard InChI is InChI=1S/C21H26ClNO2/c22-20-8-4-5-9-21(20)25-16-19(24)15-23-12-10-18(11-13-23)14-17-6-2-1-3-7-17/h1-9,18-19,24H,10-16H2/t19-/m0/s1. The number of rotatable bonds is 7. The van der Waals surface area contributed by atoms with Crippen molar-refractivity contribution < 1.29 is 9.84 Å². The summed E-state index contributed by atoms with van der Waals surface area (Å²) < 4.78 is 5.63. The number of para-hydroxylation sites is 1. The van der Waals surface area contributed by atoms with Gasteiger partial charge in [-0.25, -0.2) is 0 Å². The zero-order valence-corrected chi connectivity index (χ0v) is 15.2. The normalized spacial score (nSPS) is 17.4. The van der Waals surface area contributed by atoms with Crippen molar-refractivity contribution in [3.63, 3.8) is 0 Å². The highest BCUT2D eigenvalue weighted by atomic mass is 35.5. The summed E-state index contributed by atoms with van der Waals surface area (Å²) in [5, 5.41) is 10.8. The second kappa shape index (κ2) is 9.23. The lowest BCUT2D eigenvalue weighted by atomic mass is 9.90. The van der Waals surface area contributed by atoms with Crippen molar-refractivity contribution in [2.45, 2.75) is 25.4 Å². The number of hydrogen-bond acceptors (Lipinski definition) is 3. The molecule has 0 spiro atoms. The molecule has 1 aliphatic rings. The van der Waals surface area contributed by atoms with Crippen molar-refractivity contribution in [2.75, 3.05) is 26.2 Å². The second-order valence-electron chi connectivity index (χ2n) is 6.83. The van der Waals surface area contributed by atoms with Gasteiger partial charge in [0.1, 0.15) is 18.5 Å². The highest BCUT2D eigenvalue weighted by molar-refractivity contribution is 6.32. The van der Waals surface area contributed by atoms with E-state index in [1.807, 2.05) is 18.2 Å². The minimum absolute atomic E-state index is 0.272. The minimum Gasteiger partial charge on any atom is -0.489 e. The molecule has 25 heavy (non-hydrogen) atoms. The molecule has 3 nitrogen and oxygen atoms in total. The summed E-state index contributed by atoms with van der Waals surface area (Å²) in [6, 6.07) is 18.1. The number of aliphatic hydroxyl groups is 1. The van der Waals surface area contributed by atoms with E-state index in [-0.39, 0.29) is 6.61 Å². The van der Waals surface area contributed by atoms with Crippen LogP contribution in [0.15, 0.2) is 54.6 Å². The number of likely N-dealkylation sites (tertiary alicyclic amines) is 1. The van der Waals surface area contributed by atoms with Crippen molar-refractivity contribution in [2.24, 2.45) is 5.92 Å². The Hall–Kier alpha value is -1.55. The number of piperidine rings is 1. The Morgan fingerprint density at radius 1 is 1.04 bits per heavy atom. The predicted octanol–water partition coefficient (Wildman–Crippen LogP) is 4.03. The van der Waals surface area contributed by atoms with Gasteiger partial charge in [0.2, 0.25) is 0 Å². The lowest BCUT2D eigenvalue weighted by Gasteiger charge is -2.33. The van der Waals surface area contributed by atoms with Crippen LogP contribution in [0.25, 0.3) is 0 Å². The maximum atomic E-state index is 10.2. The molecule has 1 fully saturated rings. The fourth-order valence-corrected chi connectivity index (χ4v) is 3.61. The van der Waals surface area contributed by atoms with E-state index in [9.17, 15) is 5.11 Å². The van der Waals surface area contributed by atoms with Crippen LogP contribution in [0.2, 0.25) is 5.02 Å². The van der Waals surface area contributed by atoms with Gasteiger partial charge in [-0.05, 0) is 56.0 Å². The number of hydrogen-bond donors (Lipinski definition) is 1. The summed E-state index contributed by atoms with van der Waals surface area (Å²) in [7, 11) is 0. The van der Waals surface area contributed by atoms with Gasteiger partial charge in [-0.3, -0.25) is 0 Å². The Morgan fingerprint density at radius 2 is 1.72 bits per heavy atom. The molecule has 0 radical (unpaired) electrons. The Bertz CT molecular complexity index is 641. The minimum atomic E-state index is -0.498. The fourth-order valence-electron chi connectivity index (χ4n) is 3.42. The molecule has 2 aromatic rings. The van der Waals surface area contributed by atoms with Crippen LogP contribution in [0.3, 0.4) is 0 Å². The van der Waals surface area contributed by atoms with Gasteiger partial charge < -0.3 is 14.7 Å². The third-order valence-electron chi connectivity index (χ3n) is 4.81. The van der Waals surface area contributed by atoms with Crippen LogP contribution in [0, 0.1) is 5.92 Å². The number of ether oxygens (including phenoxy) is 1. The molecule has 0 aromatic heterocycles. The van der Waals surface area contributed by atoms with Crippen molar-refractivity contribution >= 4 is 11.6 Å². The lowest BCUT2D eigenvalue weighted by Crippen LogP contribution is -2.41. The molecule has 4 heteroatoms. The lowest BCUT2D eigenvalue weighted by molar-refractivity contribution is 0.0551. The molecule has 0 bridgehead atoms. The van der Waals surface area contributed by atoms with E-state index in [1.54, 1.807) is 6.07 Å². The Kier molecular flexibility index (Phi) is 6.74. The molecule has 1 saturated heterocycles. The largest absolute Gasteiger partial charge is 0.489 e. The highest BCUT2D eigenvalue weighted by Crippen LogP contribution is 2.24. The second-order valence-corrected chi connectivity index (χ2v) is 7.24. The van der Waals surface area contributed by atoms with Crippen molar-refractivity contribution in [3.05, 3.63) is 65.2 Å². The molecule has 3 rings (SSSR count). The van der Waals surface area contributed by atoms with Crippen LogP contribution in [0.1, 0.15) is 18.4 Å². The third-order valence-corrected chi connectivity index (χ3v) is 5.12. The number of aliphatic hydroxyl groups excluding tert-OH is 1.